The van der Waals surface area contributed by atoms with E-state index in [-0.39, 0.29) is 28.6 Å². The van der Waals surface area contributed by atoms with Gasteiger partial charge in [-0.15, -0.1) is 0 Å². The molecule has 0 saturated heterocycles. The summed E-state index contributed by atoms with van der Waals surface area (Å²) in [5.74, 6) is -0.285. The van der Waals surface area contributed by atoms with Crippen molar-refractivity contribution in [2.75, 3.05) is 0 Å². The summed E-state index contributed by atoms with van der Waals surface area (Å²) >= 11 is 0. The van der Waals surface area contributed by atoms with E-state index >= 15 is 0 Å². The Morgan fingerprint density at radius 3 is 2.54 bits per heavy atom. The summed E-state index contributed by atoms with van der Waals surface area (Å²) in [6.07, 6.45) is -0.729. The fourth-order valence-electron chi connectivity index (χ4n) is 1.93. The maximum absolute atomic E-state index is 12.4. The van der Waals surface area contributed by atoms with Gasteiger partial charge in [0.1, 0.15) is 12.1 Å². The van der Waals surface area contributed by atoms with E-state index in [0.29, 0.717) is 0 Å². The van der Waals surface area contributed by atoms with Crippen LogP contribution in [0.5, 0.6) is 0 Å². The lowest BCUT2D eigenvalue weighted by Gasteiger charge is -2.19. The van der Waals surface area contributed by atoms with Crippen LogP contribution in [0.1, 0.15) is 26.6 Å². The highest BCUT2D eigenvalue weighted by molar-refractivity contribution is 5.67. The zero-order valence-corrected chi connectivity index (χ0v) is 14.0. The largest absolute Gasteiger partial charge is 0.710 e. The van der Waals surface area contributed by atoms with Gasteiger partial charge in [-0.1, -0.05) is 0 Å². The first kappa shape index (κ1) is 17.4. The topological polar surface area (TPSA) is 135 Å². The van der Waals surface area contributed by atoms with Gasteiger partial charge in [0.2, 0.25) is 11.5 Å². The van der Waals surface area contributed by atoms with E-state index in [4.69, 9.17) is 4.74 Å². The van der Waals surface area contributed by atoms with Gasteiger partial charge >= 0.3 is 23.2 Å². The van der Waals surface area contributed by atoms with Gasteiger partial charge in [-0.05, 0) is 20.8 Å². The third kappa shape index (κ3) is 3.34. The third-order valence-corrected chi connectivity index (χ3v) is 3.01. The SMILES string of the molecule is Cn1nc(CNC(=O)OC(C)(C)C)[n+]([O-])c2c(=O)n(C)c(=O)nc1-2. The standard InChI is InChI=1S/C13H18N6O5/c1-13(2,3)24-12(22)14-6-7-16-18(5)9-8(19(7)23)10(20)17(4)11(21)15-9/h6H2,1-5H3,(H,14,22). The molecule has 0 aromatic rings. The second kappa shape index (κ2) is 5.91. The minimum absolute atomic E-state index is 0.140. The molecule has 2 rings (SSSR count). The number of hydrogen-bond acceptors (Lipinski definition) is 7. The van der Waals surface area contributed by atoms with Crippen LogP contribution < -0.4 is 21.3 Å². The molecular weight excluding hydrogens is 320 g/mol. The third-order valence-electron chi connectivity index (χ3n) is 3.01. The molecule has 24 heavy (non-hydrogen) atoms. The quantitative estimate of drug-likeness (QED) is 0.527. The van der Waals surface area contributed by atoms with Crippen molar-refractivity contribution in [2.24, 2.45) is 14.1 Å². The van der Waals surface area contributed by atoms with Crippen LogP contribution >= 0.6 is 0 Å². The average Bonchev–Trinajstić information content (AvgIpc) is 2.45. The van der Waals surface area contributed by atoms with Gasteiger partial charge < -0.3 is 15.3 Å². The van der Waals surface area contributed by atoms with Crippen LogP contribution in [0.4, 0.5) is 4.79 Å². The Bertz CT molecular complexity index is 878. The van der Waals surface area contributed by atoms with Gasteiger partial charge in [0.15, 0.2) is 0 Å². The van der Waals surface area contributed by atoms with E-state index in [0.717, 1.165) is 9.25 Å². The summed E-state index contributed by atoms with van der Waals surface area (Å²) < 4.78 is 7.17. The summed E-state index contributed by atoms with van der Waals surface area (Å²) in [5.41, 5.74) is -2.61. The van der Waals surface area contributed by atoms with E-state index < -0.39 is 22.9 Å². The van der Waals surface area contributed by atoms with Crippen LogP contribution in [0, 0.1) is 5.21 Å². The summed E-state index contributed by atoms with van der Waals surface area (Å²) in [6.45, 7) is 4.84. The summed E-state index contributed by atoms with van der Waals surface area (Å²) in [4.78, 5) is 39.0. The number of aryl methyl sites for hydroxylation is 1. The number of carbonyl (C=O) groups excluding carboxylic acids is 1. The predicted octanol–water partition coefficient (Wildman–Crippen LogP) is -1.36. The molecule has 0 spiro atoms. The normalized spacial score (nSPS) is 11.5. The molecule has 2 aliphatic rings. The van der Waals surface area contributed by atoms with E-state index in [1.54, 1.807) is 20.8 Å². The molecule has 1 N–H and O–H groups in total. The Morgan fingerprint density at radius 1 is 1.33 bits per heavy atom. The minimum Gasteiger partial charge on any atom is -0.710 e. The van der Waals surface area contributed by atoms with Gasteiger partial charge in [-0.2, -0.15) is 9.67 Å². The molecule has 0 atom stereocenters. The number of nitrogens with one attached hydrogen (secondary N) is 1. The summed E-state index contributed by atoms with van der Waals surface area (Å²) in [7, 11) is 2.65. The van der Waals surface area contributed by atoms with Crippen molar-refractivity contribution in [3.63, 3.8) is 0 Å². The van der Waals surface area contributed by atoms with E-state index in [9.17, 15) is 19.6 Å². The molecule has 0 aromatic heterocycles. The number of hydrogen-bond donors (Lipinski definition) is 1. The molecule has 0 fully saturated rings. The first-order valence-electron chi connectivity index (χ1n) is 7.04. The monoisotopic (exact) mass is 338 g/mol. The molecule has 0 unspecified atom stereocenters. The maximum Gasteiger partial charge on any atom is 0.408 e. The number of aromatic nitrogens is 5. The van der Waals surface area contributed by atoms with Crippen molar-refractivity contribution in [3.05, 3.63) is 31.9 Å². The molecule has 0 aliphatic carbocycles. The Morgan fingerprint density at radius 2 is 1.96 bits per heavy atom. The number of carbonyl (C=O) groups is 1. The van der Waals surface area contributed by atoms with Crippen molar-refractivity contribution < 1.29 is 14.3 Å². The molecule has 1 amide bonds. The van der Waals surface area contributed by atoms with Crippen molar-refractivity contribution >= 4 is 6.09 Å². The number of rotatable bonds is 2. The molecule has 0 aromatic carbocycles. The molecule has 0 saturated carbocycles. The summed E-state index contributed by atoms with van der Waals surface area (Å²) in [6, 6.07) is 0. The lowest BCUT2D eigenvalue weighted by Crippen LogP contribution is -2.49. The fourth-order valence-corrected chi connectivity index (χ4v) is 1.93. The first-order valence-corrected chi connectivity index (χ1v) is 7.04. The molecule has 11 heteroatoms. The molecule has 11 nitrogen and oxygen atoms in total. The zero-order valence-electron chi connectivity index (χ0n) is 14.0. The molecule has 2 aliphatic heterocycles. The highest BCUT2D eigenvalue weighted by Crippen LogP contribution is 2.08. The highest BCUT2D eigenvalue weighted by atomic mass is 16.6. The lowest BCUT2D eigenvalue weighted by atomic mass is 10.2. The average molecular weight is 338 g/mol. The van der Waals surface area contributed by atoms with Crippen molar-refractivity contribution in [1.29, 1.82) is 0 Å². The van der Waals surface area contributed by atoms with E-state index in [1.165, 1.54) is 14.1 Å². The minimum atomic E-state index is -0.795. The Balaban J connectivity index is 2.42. The van der Waals surface area contributed by atoms with Crippen LogP contribution in [0.15, 0.2) is 9.59 Å². The van der Waals surface area contributed by atoms with Gasteiger partial charge in [0.05, 0.1) is 12.1 Å². The second-order valence-electron chi connectivity index (χ2n) is 6.12. The number of fused-ring (bicyclic) bond motifs is 1. The van der Waals surface area contributed by atoms with Crippen molar-refractivity contribution in [2.45, 2.75) is 32.9 Å². The fraction of sp³-hybridized carbons (Fsp3) is 0.538. The number of amides is 1. The van der Waals surface area contributed by atoms with Crippen LogP contribution in [0.3, 0.4) is 0 Å². The maximum atomic E-state index is 12.4. The Labute approximate surface area is 136 Å². The number of nitrogens with zero attached hydrogens (tertiary/aromatic N) is 5. The van der Waals surface area contributed by atoms with Crippen molar-refractivity contribution in [3.8, 4) is 11.5 Å². The summed E-state index contributed by atoms with van der Waals surface area (Å²) in [5, 5.41) is 18.7. The van der Waals surface area contributed by atoms with Crippen LogP contribution in [-0.2, 0) is 25.4 Å². The lowest BCUT2D eigenvalue weighted by molar-refractivity contribution is -0.609. The molecule has 0 bridgehead atoms. The zero-order chi connectivity index (χ0) is 18.2. The van der Waals surface area contributed by atoms with E-state index in [1.807, 2.05) is 0 Å². The Hall–Kier alpha value is -2.98. The van der Waals surface area contributed by atoms with Gasteiger partial charge in [0, 0.05) is 7.05 Å². The second-order valence-corrected chi connectivity index (χ2v) is 6.12. The highest BCUT2D eigenvalue weighted by Gasteiger charge is 2.27. The van der Waals surface area contributed by atoms with Gasteiger partial charge in [-0.25, -0.2) is 14.3 Å². The first-order chi connectivity index (χ1) is 11.0. The molecule has 2 heterocycles. The van der Waals surface area contributed by atoms with Gasteiger partial charge in [-0.3, -0.25) is 9.36 Å². The van der Waals surface area contributed by atoms with Crippen LogP contribution in [0.25, 0.3) is 11.5 Å². The van der Waals surface area contributed by atoms with Crippen LogP contribution in [0.2, 0.25) is 0 Å². The molecular formula is C13H18N6O5. The number of alkyl carbamates (subject to hydrolysis) is 1. The molecule has 0 radical (unpaired) electrons. The predicted molar refractivity (Wildman–Crippen MR) is 81.2 cm³/mol. The van der Waals surface area contributed by atoms with Crippen molar-refractivity contribution in [1.82, 2.24) is 24.6 Å². The van der Waals surface area contributed by atoms with Crippen LogP contribution in [-0.4, -0.2) is 31.0 Å². The molecule has 130 valence electrons. The Kier molecular flexibility index (Phi) is 4.28. The smallest absolute Gasteiger partial charge is 0.408 e. The van der Waals surface area contributed by atoms with Gasteiger partial charge in [0.25, 0.3) is 0 Å². The van der Waals surface area contributed by atoms with E-state index in [2.05, 4.69) is 15.4 Å². The number of ether oxygens (including phenoxy) is 1.